The summed E-state index contributed by atoms with van der Waals surface area (Å²) in [5.41, 5.74) is 5.31. The molecule has 2 aromatic rings. The molecule has 0 spiro atoms. The van der Waals surface area contributed by atoms with Crippen molar-refractivity contribution < 1.29 is 4.79 Å². The van der Waals surface area contributed by atoms with Gasteiger partial charge in [-0.15, -0.1) is 0 Å². The van der Waals surface area contributed by atoms with Crippen LogP contribution in [0.1, 0.15) is 35.3 Å². The third-order valence-corrected chi connectivity index (χ3v) is 3.70. The van der Waals surface area contributed by atoms with Gasteiger partial charge in [-0.25, -0.2) is 5.43 Å². The molecule has 1 N–H and O–H groups in total. The van der Waals surface area contributed by atoms with Gasteiger partial charge in [0.15, 0.2) is 0 Å². The Balaban J connectivity index is 1.91. The van der Waals surface area contributed by atoms with Gasteiger partial charge in [-0.2, -0.15) is 5.10 Å². The molecule has 1 amide bonds. The molecule has 4 nitrogen and oxygen atoms in total. The number of rotatable bonds is 7. The number of hydrazone groups is 1. The molecule has 0 bridgehead atoms. The molecule has 0 aromatic heterocycles. The molecule has 0 saturated heterocycles. The Hall–Kier alpha value is -2.46. The van der Waals surface area contributed by atoms with Gasteiger partial charge in [-0.05, 0) is 36.3 Å². The first-order valence-corrected chi connectivity index (χ1v) is 7.92. The van der Waals surface area contributed by atoms with Crippen LogP contribution < -0.4 is 5.43 Å². The molecule has 2 rings (SSSR count). The predicted molar refractivity (Wildman–Crippen MR) is 94.6 cm³/mol. The molecule has 0 aliphatic rings. The van der Waals surface area contributed by atoms with Gasteiger partial charge in [0.1, 0.15) is 0 Å². The monoisotopic (exact) mass is 309 g/mol. The maximum Gasteiger partial charge on any atom is 0.271 e. The molecule has 4 heteroatoms. The lowest BCUT2D eigenvalue weighted by atomic mass is 10.1. The Morgan fingerprint density at radius 1 is 1.04 bits per heavy atom. The predicted octanol–water partition coefficient (Wildman–Crippen LogP) is 3.29. The summed E-state index contributed by atoms with van der Waals surface area (Å²) in [5, 5.41) is 3.98. The lowest BCUT2D eigenvalue weighted by Gasteiger charge is -2.17. The van der Waals surface area contributed by atoms with Crippen LogP contribution in [0.3, 0.4) is 0 Å². The van der Waals surface area contributed by atoms with Gasteiger partial charge < -0.3 is 0 Å². The Labute approximate surface area is 137 Å². The number of hydrogen-bond donors (Lipinski definition) is 1. The first-order chi connectivity index (χ1) is 11.2. The van der Waals surface area contributed by atoms with Gasteiger partial charge in [0.2, 0.25) is 0 Å². The zero-order valence-corrected chi connectivity index (χ0v) is 13.7. The van der Waals surface area contributed by atoms with E-state index >= 15 is 0 Å². The topological polar surface area (TPSA) is 44.7 Å². The molecular formula is C19H23N3O. The lowest BCUT2D eigenvalue weighted by Crippen LogP contribution is -2.22. The van der Waals surface area contributed by atoms with Crippen LogP contribution in [-0.2, 0) is 6.54 Å². The molecule has 2 aromatic carbocycles. The molecule has 0 aliphatic heterocycles. The highest BCUT2D eigenvalue weighted by molar-refractivity contribution is 5.94. The van der Waals surface area contributed by atoms with Gasteiger partial charge >= 0.3 is 0 Å². The zero-order valence-electron chi connectivity index (χ0n) is 13.7. The Morgan fingerprint density at radius 2 is 1.70 bits per heavy atom. The fraction of sp³-hybridized carbons (Fsp3) is 0.263. The highest BCUT2D eigenvalue weighted by atomic mass is 16.2. The largest absolute Gasteiger partial charge is 0.300 e. The summed E-state index contributed by atoms with van der Waals surface area (Å²) in [6.07, 6.45) is 1.63. The highest BCUT2D eigenvalue weighted by Gasteiger charge is 2.05. The normalized spacial score (nSPS) is 11.1. The minimum atomic E-state index is -0.202. The van der Waals surface area contributed by atoms with Crippen molar-refractivity contribution in [3.8, 4) is 0 Å². The van der Waals surface area contributed by atoms with E-state index in [-0.39, 0.29) is 5.91 Å². The standard InChI is InChI=1S/C19H23N3O/c1-3-22(4-2)15-17-10-12-18(13-11-17)19(23)21-20-14-16-8-6-5-7-9-16/h5-14H,3-4,15H2,1-2H3,(H,21,23). The van der Waals surface area contributed by atoms with Gasteiger partial charge in [-0.1, -0.05) is 56.3 Å². The third-order valence-electron chi connectivity index (χ3n) is 3.70. The molecule has 0 heterocycles. The van der Waals surface area contributed by atoms with Gasteiger partial charge in [0.25, 0.3) is 5.91 Å². The van der Waals surface area contributed by atoms with Crippen molar-refractivity contribution >= 4 is 12.1 Å². The molecule has 0 radical (unpaired) electrons. The average Bonchev–Trinajstić information content (AvgIpc) is 2.61. The van der Waals surface area contributed by atoms with Crippen LogP contribution in [0.2, 0.25) is 0 Å². The molecule has 0 aliphatic carbocycles. The minimum Gasteiger partial charge on any atom is -0.300 e. The Kier molecular flexibility index (Phi) is 6.51. The number of nitrogens with one attached hydrogen (secondary N) is 1. The summed E-state index contributed by atoms with van der Waals surface area (Å²) in [4.78, 5) is 14.4. The van der Waals surface area contributed by atoms with Crippen LogP contribution >= 0.6 is 0 Å². The smallest absolute Gasteiger partial charge is 0.271 e. The lowest BCUT2D eigenvalue weighted by molar-refractivity contribution is 0.0955. The molecule has 23 heavy (non-hydrogen) atoms. The van der Waals surface area contributed by atoms with Gasteiger partial charge in [0, 0.05) is 12.1 Å². The SMILES string of the molecule is CCN(CC)Cc1ccc(C(=O)NN=Cc2ccccc2)cc1. The average molecular weight is 309 g/mol. The van der Waals surface area contributed by atoms with E-state index in [1.807, 2.05) is 54.6 Å². The van der Waals surface area contributed by atoms with Crippen LogP contribution in [-0.4, -0.2) is 30.1 Å². The van der Waals surface area contributed by atoms with Crippen LogP contribution in [0.4, 0.5) is 0 Å². The van der Waals surface area contributed by atoms with E-state index in [1.54, 1.807) is 6.21 Å². The van der Waals surface area contributed by atoms with Gasteiger partial charge in [-0.3, -0.25) is 9.69 Å². The van der Waals surface area contributed by atoms with Crippen LogP contribution in [0.25, 0.3) is 0 Å². The van der Waals surface area contributed by atoms with E-state index in [1.165, 1.54) is 5.56 Å². The van der Waals surface area contributed by atoms with Crippen molar-refractivity contribution in [2.45, 2.75) is 20.4 Å². The van der Waals surface area contributed by atoms with Crippen molar-refractivity contribution in [1.82, 2.24) is 10.3 Å². The first-order valence-electron chi connectivity index (χ1n) is 7.92. The summed E-state index contributed by atoms with van der Waals surface area (Å²) in [7, 11) is 0. The molecule has 0 unspecified atom stereocenters. The molecular weight excluding hydrogens is 286 g/mol. The highest BCUT2D eigenvalue weighted by Crippen LogP contribution is 2.07. The first kappa shape index (κ1) is 16.9. The molecule has 120 valence electrons. The quantitative estimate of drug-likeness (QED) is 0.630. The summed E-state index contributed by atoms with van der Waals surface area (Å²) in [6.45, 7) is 7.24. The summed E-state index contributed by atoms with van der Waals surface area (Å²) >= 11 is 0. The maximum absolute atomic E-state index is 12.0. The van der Waals surface area contributed by atoms with Crippen molar-refractivity contribution in [2.75, 3.05) is 13.1 Å². The number of benzene rings is 2. The van der Waals surface area contributed by atoms with Crippen LogP contribution in [0.15, 0.2) is 59.7 Å². The van der Waals surface area contributed by atoms with E-state index in [0.29, 0.717) is 5.56 Å². The maximum atomic E-state index is 12.0. The van der Waals surface area contributed by atoms with Crippen LogP contribution in [0.5, 0.6) is 0 Å². The molecule has 0 atom stereocenters. The van der Waals surface area contributed by atoms with E-state index in [2.05, 4.69) is 29.3 Å². The third kappa shape index (κ3) is 5.34. The molecule has 0 fully saturated rings. The second kappa shape index (κ2) is 8.86. The second-order valence-corrected chi connectivity index (χ2v) is 5.27. The summed E-state index contributed by atoms with van der Waals surface area (Å²) in [6, 6.07) is 17.3. The van der Waals surface area contributed by atoms with Crippen molar-refractivity contribution in [3.05, 3.63) is 71.3 Å². The van der Waals surface area contributed by atoms with Crippen molar-refractivity contribution in [2.24, 2.45) is 5.10 Å². The fourth-order valence-electron chi connectivity index (χ4n) is 2.24. The van der Waals surface area contributed by atoms with E-state index in [4.69, 9.17) is 0 Å². The van der Waals surface area contributed by atoms with E-state index < -0.39 is 0 Å². The number of carbonyl (C=O) groups is 1. The van der Waals surface area contributed by atoms with Crippen LogP contribution in [0, 0.1) is 0 Å². The van der Waals surface area contributed by atoms with Crippen molar-refractivity contribution in [3.63, 3.8) is 0 Å². The van der Waals surface area contributed by atoms with E-state index in [9.17, 15) is 4.79 Å². The number of nitrogens with zero attached hydrogens (tertiary/aromatic N) is 2. The van der Waals surface area contributed by atoms with E-state index in [0.717, 1.165) is 25.2 Å². The summed E-state index contributed by atoms with van der Waals surface area (Å²) < 4.78 is 0. The van der Waals surface area contributed by atoms with Crippen molar-refractivity contribution in [1.29, 1.82) is 0 Å². The zero-order chi connectivity index (χ0) is 16.5. The van der Waals surface area contributed by atoms with Gasteiger partial charge in [0.05, 0.1) is 6.21 Å². The number of amides is 1. The second-order valence-electron chi connectivity index (χ2n) is 5.27. The minimum absolute atomic E-state index is 0.202. The molecule has 0 saturated carbocycles. The fourth-order valence-corrected chi connectivity index (χ4v) is 2.24. The Bertz CT molecular complexity index is 631. The number of hydrogen-bond acceptors (Lipinski definition) is 3. The number of carbonyl (C=O) groups excluding carboxylic acids is 1. The summed E-state index contributed by atoms with van der Waals surface area (Å²) in [5.74, 6) is -0.202. The Morgan fingerprint density at radius 3 is 2.30 bits per heavy atom.